The van der Waals surface area contributed by atoms with Gasteiger partial charge >= 0.3 is 0 Å². The van der Waals surface area contributed by atoms with Crippen LogP contribution in [-0.2, 0) is 15.8 Å². The van der Waals surface area contributed by atoms with Gasteiger partial charge in [0.05, 0.1) is 19.4 Å². The number of nitrogens with zero attached hydrogens (tertiary/aromatic N) is 2. The highest BCUT2D eigenvalue weighted by atomic mass is 28.4. The molecule has 1 heterocycles. The fourth-order valence-corrected chi connectivity index (χ4v) is 4.55. The predicted molar refractivity (Wildman–Crippen MR) is 115 cm³/mol. The van der Waals surface area contributed by atoms with Crippen LogP contribution in [0.15, 0.2) is 18.2 Å². The van der Waals surface area contributed by atoms with Crippen molar-refractivity contribution in [3.63, 3.8) is 0 Å². The van der Waals surface area contributed by atoms with Gasteiger partial charge in [-0.2, -0.15) is 5.10 Å². The molecule has 1 atom stereocenters. The molecular formula is C22H34N2O3Si. The Kier molecular flexibility index (Phi) is 5.26. The molecule has 0 amide bonds. The van der Waals surface area contributed by atoms with E-state index in [-0.39, 0.29) is 22.3 Å². The van der Waals surface area contributed by atoms with Crippen molar-refractivity contribution in [2.45, 2.75) is 78.2 Å². The van der Waals surface area contributed by atoms with Crippen LogP contribution in [0.2, 0.25) is 18.1 Å². The molecule has 1 unspecified atom stereocenters. The van der Waals surface area contributed by atoms with Gasteiger partial charge in [0.25, 0.3) is 0 Å². The summed E-state index contributed by atoms with van der Waals surface area (Å²) < 4.78 is 14.0. The lowest BCUT2D eigenvalue weighted by Gasteiger charge is -2.36. The van der Waals surface area contributed by atoms with Crippen molar-refractivity contribution in [1.82, 2.24) is 9.78 Å². The smallest absolute Gasteiger partial charge is 0.192 e. The van der Waals surface area contributed by atoms with Crippen molar-refractivity contribution >= 4 is 25.0 Å². The first-order chi connectivity index (χ1) is 12.9. The molecule has 1 aliphatic rings. The largest absolute Gasteiger partial charge is 0.494 e. The quantitative estimate of drug-likeness (QED) is 0.620. The number of carbonyl (C=O) groups excluding carboxylic acids is 1. The standard InChI is InChI=1S/C22H34N2O3Si/c1-21(2,3)28(7,8)27-14-17-15-10-9-11-18(26-6)19(15)23-24(17)16-12-13-22(4,5)20(16)25/h9-11,16H,12-14H2,1-8H3. The van der Waals surface area contributed by atoms with Gasteiger partial charge in [0, 0.05) is 10.8 Å². The molecule has 0 spiro atoms. The normalized spacial score (nSPS) is 20.1. The number of aromatic nitrogens is 2. The van der Waals surface area contributed by atoms with Crippen LogP contribution >= 0.6 is 0 Å². The number of hydrogen-bond acceptors (Lipinski definition) is 4. The minimum absolute atomic E-state index is 0.122. The summed E-state index contributed by atoms with van der Waals surface area (Å²) in [7, 11) is -0.279. The maximum atomic E-state index is 13.0. The number of carbonyl (C=O) groups is 1. The number of fused-ring (bicyclic) bond motifs is 1. The average molecular weight is 403 g/mol. The third-order valence-corrected chi connectivity index (χ3v) is 11.2. The molecule has 0 saturated heterocycles. The first-order valence-corrected chi connectivity index (χ1v) is 13.0. The highest BCUT2D eigenvalue weighted by Gasteiger charge is 2.43. The molecule has 1 aromatic carbocycles. The minimum atomic E-state index is -1.94. The van der Waals surface area contributed by atoms with Gasteiger partial charge in [0.2, 0.25) is 0 Å². The van der Waals surface area contributed by atoms with Crippen molar-refractivity contribution < 1.29 is 14.0 Å². The van der Waals surface area contributed by atoms with Gasteiger partial charge in [-0.3, -0.25) is 9.48 Å². The van der Waals surface area contributed by atoms with Gasteiger partial charge < -0.3 is 9.16 Å². The van der Waals surface area contributed by atoms with E-state index in [2.05, 4.69) is 39.9 Å². The van der Waals surface area contributed by atoms with E-state index in [9.17, 15) is 4.79 Å². The van der Waals surface area contributed by atoms with E-state index in [4.69, 9.17) is 14.3 Å². The molecule has 2 aromatic rings. The van der Waals surface area contributed by atoms with Crippen LogP contribution in [0.25, 0.3) is 10.9 Å². The van der Waals surface area contributed by atoms with E-state index in [1.165, 1.54) is 0 Å². The molecule has 154 valence electrons. The highest BCUT2D eigenvalue weighted by molar-refractivity contribution is 6.74. The van der Waals surface area contributed by atoms with Crippen molar-refractivity contribution in [3.8, 4) is 5.75 Å². The first kappa shape index (κ1) is 21.1. The number of methoxy groups -OCH3 is 1. The van der Waals surface area contributed by atoms with E-state index in [0.717, 1.165) is 35.2 Å². The summed E-state index contributed by atoms with van der Waals surface area (Å²) in [6.07, 6.45) is 1.70. The molecule has 5 nitrogen and oxygen atoms in total. The zero-order valence-electron chi connectivity index (χ0n) is 18.5. The van der Waals surface area contributed by atoms with Crippen molar-refractivity contribution in [2.24, 2.45) is 5.41 Å². The SMILES string of the molecule is COc1cccc2c(CO[Si](C)(C)C(C)(C)C)n(C3CCC(C)(C)C3=O)nc12. The Balaban J connectivity index is 2.08. The second-order valence-corrected chi connectivity index (χ2v) is 14.9. The Morgan fingerprint density at radius 1 is 1.29 bits per heavy atom. The third-order valence-electron chi connectivity index (χ3n) is 6.70. The van der Waals surface area contributed by atoms with Crippen LogP contribution in [0, 0.1) is 5.41 Å². The lowest BCUT2D eigenvalue weighted by atomic mass is 9.90. The molecule has 3 rings (SSSR count). The van der Waals surface area contributed by atoms with Gasteiger partial charge in [0.15, 0.2) is 14.1 Å². The Morgan fingerprint density at radius 3 is 2.50 bits per heavy atom. The van der Waals surface area contributed by atoms with Gasteiger partial charge in [0.1, 0.15) is 17.3 Å². The number of rotatable bonds is 5. The first-order valence-electron chi connectivity index (χ1n) is 10.1. The van der Waals surface area contributed by atoms with Crippen LogP contribution in [0.3, 0.4) is 0 Å². The summed E-state index contributed by atoms with van der Waals surface area (Å²) in [4.78, 5) is 13.0. The fourth-order valence-electron chi connectivity index (χ4n) is 3.62. The van der Waals surface area contributed by atoms with Crippen molar-refractivity contribution in [2.75, 3.05) is 7.11 Å². The Labute approximate surface area is 169 Å². The molecule has 0 bridgehead atoms. The summed E-state index contributed by atoms with van der Waals surface area (Å²) in [6, 6.07) is 5.71. The number of benzene rings is 1. The second-order valence-electron chi connectivity index (χ2n) is 10.1. The maximum absolute atomic E-state index is 13.0. The molecule has 0 aliphatic heterocycles. The van der Waals surface area contributed by atoms with Crippen LogP contribution in [0.5, 0.6) is 5.75 Å². The molecule has 0 N–H and O–H groups in total. The monoisotopic (exact) mass is 402 g/mol. The number of Topliss-reactive ketones (excluding diaryl/α,β-unsaturated/α-hetero) is 1. The van der Waals surface area contributed by atoms with E-state index in [1.807, 2.05) is 30.7 Å². The molecule has 1 saturated carbocycles. The molecule has 1 aliphatic carbocycles. The lowest BCUT2D eigenvalue weighted by Crippen LogP contribution is -2.40. The molecule has 6 heteroatoms. The average Bonchev–Trinajstić information content (AvgIpc) is 3.09. The zero-order chi connectivity index (χ0) is 20.9. The Morgan fingerprint density at radius 2 is 1.96 bits per heavy atom. The van der Waals surface area contributed by atoms with Gasteiger partial charge in [-0.15, -0.1) is 0 Å². The topological polar surface area (TPSA) is 53.4 Å². The molecule has 28 heavy (non-hydrogen) atoms. The van der Waals surface area contributed by atoms with E-state index in [0.29, 0.717) is 6.61 Å². The number of ether oxygens (including phenoxy) is 1. The van der Waals surface area contributed by atoms with Crippen LogP contribution < -0.4 is 4.74 Å². The number of ketones is 1. The van der Waals surface area contributed by atoms with E-state index < -0.39 is 8.32 Å². The van der Waals surface area contributed by atoms with E-state index >= 15 is 0 Å². The molecule has 1 fully saturated rings. The summed E-state index contributed by atoms with van der Waals surface area (Å²) in [5.74, 6) is 0.988. The fraction of sp³-hybridized carbons (Fsp3) is 0.636. The summed E-state index contributed by atoms with van der Waals surface area (Å²) in [6.45, 7) is 15.7. The Bertz CT molecular complexity index is 893. The molecule has 1 aromatic heterocycles. The highest BCUT2D eigenvalue weighted by Crippen LogP contribution is 2.43. The second kappa shape index (κ2) is 6.99. The lowest BCUT2D eigenvalue weighted by molar-refractivity contribution is -0.127. The molecular weight excluding hydrogens is 368 g/mol. The third kappa shape index (κ3) is 3.52. The van der Waals surface area contributed by atoms with Gasteiger partial charge in [-0.05, 0) is 37.0 Å². The summed E-state index contributed by atoms with van der Waals surface area (Å²) in [5, 5.41) is 5.98. The van der Waals surface area contributed by atoms with Crippen LogP contribution in [0.1, 0.15) is 59.2 Å². The predicted octanol–water partition coefficient (Wildman–Crippen LogP) is 5.50. The molecule has 0 radical (unpaired) electrons. The number of hydrogen-bond donors (Lipinski definition) is 0. The van der Waals surface area contributed by atoms with Crippen LogP contribution in [0.4, 0.5) is 0 Å². The van der Waals surface area contributed by atoms with Crippen LogP contribution in [-0.4, -0.2) is 31.0 Å². The van der Waals surface area contributed by atoms with Crippen molar-refractivity contribution in [1.29, 1.82) is 0 Å². The Hall–Kier alpha value is -1.66. The van der Waals surface area contributed by atoms with Crippen molar-refractivity contribution in [3.05, 3.63) is 23.9 Å². The maximum Gasteiger partial charge on any atom is 0.192 e. The van der Waals surface area contributed by atoms with Gasteiger partial charge in [-0.25, -0.2) is 0 Å². The van der Waals surface area contributed by atoms with Gasteiger partial charge in [-0.1, -0.05) is 46.8 Å². The summed E-state index contributed by atoms with van der Waals surface area (Å²) in [5.41, 5.74) is 1.48. The summed E-state index contributed by atoms with van der Waals surface area (Å²) >= 11 is 0. The van der Waals surface area contributed by atoms with E-state index in [1.54, 1.807) is 7.11 Å². The zero-order valence-corrected chi connectivity index (χ0v) is 19.5. The minimum Gasteiger partial charge on any atom is -0.494 e.